The van der Waals surface area contributed by atoms with Crippen molar-refractivity contribution < 1.29 is 9.53 Å². The first-order chi connectivity index (χ1) is 13.5. The zero-order valence-corrected chi connectivity index (χ0v) is 17.5. The Balaban J connectivity index is 1.69. The Labute approximate surface area is 177 Å². The van der Waals surface area contributed by atoms with E-state index in [1.54, 1.807) is 25.3 Å². The van der Waals surface area contributed by atoms with Crippen LogP contribution in [0.5, 0.6) is 5.75 Å². The summed E-state index contributed by atoms with van der Waals surface area (Å²) in [5.74, 6) is 0.708. The van der Waals surface area contributed by atoms with Crippen LogP contribution in [0.4, 0.5) is 5.69 Å². The first kappa shape index (κ1) is 20.5. The number of aromatic nitrogens is 2. The van der Waals surface area contributed by atoms with Crippen LogP contribution >= 0.6 is 35.0 Å². The summed E-state index contributed by atoms with van der Waals surface area (Å²) < 4.78 is 5.18. The van der Waals surface area contributed by atoms with Gasteiger partial charge in [-0.2, -0.15) is 0 Å². The number of carbonyl (C=O) groups is 1. The molecule has 0 saturated carbocycles. The van der Waals surface area contributed by atoms with Crippen molar-refractivity contribution in [1.82, 2.24) is 9.97 Å². The van der Waals surface area contributed by atoms with Gasteiger partial charge in [-0.05, 0) is 49.4 Å². The number of carbonyl (C=O) groups excluding carboxylic acids is 1. The highest BCUT2D eigenvalue weighted by Gasteiger charge is 2.11. The number of halogens is 2. The monoisotopic (exact) mass is 433 g/mol. The first-order valence-electron chi connectivity index (χ1n) is 8.33. The normalized spacial score (nSPS) is 10.6. The number of nitrogens with one attached hydrogen (secondary N) is 1. The van der Waals surface area contributed by atoms with Gasteiger partial charge in [-0.3, -0.25) is 4.79 Å². The predicted molar refractivity (Wildman–Crippen MR) is 115 cm³/mol. The third-order valence-corrected chi connectivity index (χ3v) is 5.44. The second kappa shape index (κ2) is 9.28. The maximum absolute atomic E-state index is 12.3. The Kier molecular flexibility index (Phi) is 6.78. The predicted octanol–water partition coefficient (Wildman–Crippen LogP) is 5.50. The van der Waals surface area contributed by atoms with Gasteiger partial charge < -0.3 is 10.1 Å². The Hall–Kier alpha value is -2.28. The van der Waals surface area contributed by atoms with Crippen molar-refractivity contribution in [3.8, 4) is 17.0 Å². The van der Waals surface area contributed by atoms with E-state index < -0.39 is 0 Å². The lowest BCUT2D eigenvalue weighted by atomic mass is 10.1. The van der Waals surface area contributed by atoms with Gasteiger partial charge in [0.25, 0.3) is 0 Å². The van der Waals surface area contributed by atoms with E-state index in [0.717, 1.165) is 22.7 Å². The van der Waals surface area contributed by atoms with Gasteiger partial charge in [0.15, 0.2) is 5.16 Å². The number of hydrogen-bond donors (Lipinski definition) is 1. The molecule has 3 aromatic rings. The van der Waals surface area contributed by atoms with Crippen molar-refractivity contribution in [2.24, 2.45) is 0 Å². The summed E-state index contributed by atoms with van der Waals surface area (Å²) in [7, 11) is 1.63. The van der Waals surface area contributed by atoms with E-state index in [-0.39, 0.29) is 11.7 Å². The number of nitrogens with zero attached hydrogens (tertiary/aromatic N) is 2. The molecule has 0 aliphatic rings. The molecule has 0 radical (unpaired) electrons. The number of aryl methyl sites for hydroxylation is 1. The fraction of sp³-hybridized carbons (Fsp3) is 0.150. The topological polar surface area (TPSA) is 64.1 Å². The smallest absolute Gasteiger partial charge is 0.234 e. The molecule has 0 atom stereocenters. The molecule has 1 aromatic heterocycles. The van der Waals surface area contributed by atoms with Crippen LogP contribution in [0.25, 0.3) is 11.3 Å². The third-order valence-electron chi connectivity index (χ3n) is 3.78. The molecule has 3 rings (SSSR count). The summed E-state index contributed by atoms with van der Waals surface area (Å²) in [5.41, 5.74) is 3.03. The molecular weight excluding hydrogens is 417 g/mol. The quantitative estimate of drug-likeness (QED) is 0.410. The van der Waals surface area contributed by atoms with Gasteiger partial charge in [0.2, 0.25) is 5.91 Å². The molecule has 0 aliphatic heterocycles. The average molecular weight is 434 g/mol. The molecule has 0 unspecified atom stereocenters. The Morgan fingerprint density at radius 3 is 2.61 bits per heavy atom. The minimum Gasteiger partial charge on any atom is -0.497 e. The van der Waals surface area contributed by atoms with Crippen molar-refractivity contribution in [1.29, 1.82) is 0 Å². The molecule has 0 bridgehead atoms. The highest BCUT2D eigenvalue weighted by Crippen LogP contribution is 2.30. The van der Waals surface area contributed by atoms with Crippen LogP contribution in [0, 0.1) is 6.92 Å². The molecule has 28 heavy (non-hydrogen) atoms. The summed E-state index contributed by atoms with van der Waals surface area (Å²) >= 11 is 13.3. The number of amides is 1. The van der Waals surface area contributed by atoms with Gasteiger partial charge >= 0.3 is 0 Å². The third kappa shape index (κ3) is 5.16. The summed E-state index contributed by atoms with van der Waals surface area (Å²) in [5, 5.41) is 3.98. The van der Waals surface area contributed by atoms with Crippen LogP contribution in [0.2, 0.25) is 10.0 Å². The second-order valence-corrected chi connectivity index (χ2v) is 7.57. The lowest BCUT2D eigenvalue weighted by molar-refractivity contribution is -0.113. The van der Waals surface area contributed by atoms with Crippen LogP contribution < -0.4 is 10.1 Å². The van der Waals surface area contributed by atoms with Crippen molar-refractivity contribution in [3.63, 3.8) is 0 Å². The number of ether oxygens (including phenoxy) is 1. The largest absolute Gasteiger partial charge is 0.497 e. The summed E-state index contributed by atoms with van der Waals surface area (Å²) in [6.07, 6.45) is 0. The standard InChI is InChI=1S/C20H17Cl2N3O2S/c1-12-10-17(13-6-8-14(27-2)9-7-13)25-20(23-12)28-11-18(26)24-16-5-3-4-15(21)19(16)22/h3-10H,11H2,1-2H3,(H,24,26). The van der Waals surface area contributed by atoms with Crippen LogP contribution in [0.15, 0.2) is 53.7 Å². The second-order valence-electron chi connectivity index (χ2n) is 5.84. The summed E-state index contributed by atoms with van der Waals surface area (Å²) in [6, 6.07) is 14.6. The van der Waals surface area contributed by atoms with E-state index in [9.17, 15) is 4.79 Å². The van der Waals surface area contributed by atoms with E-state index in [1.807, 2.05) is 37.3 Å². The Morgan fingerprint density at radius 1 is 1.14 bits per heavy atom. The zero-order chi connectivity index (χ0) is 20.1. The van der Waals surface area contributed by atoms with E-state index in [1.165, 1.54) is 11.8 Å². The number of thioether (sulfide) groups is 1. The van der Waals surface area contributed by atoms with Crippen molar-refractivity contribution >= 4 is 46.6 Å². The zero-order valence-electron chi connectivity index (χ0n) is 15.2. The molecule has 0 aliphatic carbocycles. The van der Waals surface area contributed by atoms with Crippen LogP contribution in [0.3, 0.4) is 0 Å². The fourth-order valence-electron chi connectivity index (χ4n) is 2.43. The Morgan fingerprint density at radius 2 is 1.89 bits per heavy atom. The SMILES string of the molecule is COc1ccc(-c2cc(C)nc(SCC(=O)Nc3cccc(Cl)c3Cl)n2)cc1. The van der Waals surface area contributed by atoms with Gasteiger partial charge in [0.1, 0.15) is 5.75 Å². The molecule has 144 valence electrons. The van der Waals surface area contributed by atoms with Gasteiger partial charge in [-0.25, -0.2) is 9.97 Å². The molecule has 0 saturated heterocycles. The lowest BCUT2D eigenvalue weighted by Gasteiger charge is -2.09. The fourth-order valence-corrected chi connectivity index (χ4v) is 3.48. The molecule has 5 nitrogen and oxygen atoms in total. The van der Waals surface area contributed by atoms with Gasteiger partial charge in [-0.1, -0.05) is 41.0 Å². The highest BCUT2D eigenvalue weighted by atomic mass is 35.5. The number of hydrogen-bond acceptors (Lipinski definition) is 5. The summed E-state index contributed by atoms with van der Waals surface area (Å²) in [6.45, 7) is 1.89. The van der Waals surface area contributed by atoms with Crippen LogP contribution in [-0.4, -0.2) is 28.7 Å². The van der Waals surface area contributed by atoms with Crippen molar-refractivity contribution in [2.45, 2.75) is 12.1 Å². The summed E-state index contributed by atoms with van der Waals surface area (Å²) in [4.78, 5) is 21.2. The molecule has 1 heterocycles. The van der Waals surface area contributed by atoms with Crippen molar-refractivity contribution in [3.05, 3.63) is 64.3 Å². The number of benzene rings is 2. The van der Waals surface area contributed by atoms with Crippen LogP contribution in [0.1, 0.15) is 5.69 Å². The van der Waals surface area contributed by atoms with Gasteiger partial charge in [0, 0.05) is 11.3 Å². The molecule has 0 spiro atoms. The maximum atomic E-state index is 12.3. The Bertz CT molecular complexity index is 997. The van der Waals surface area contributed by atoms with E-state index in [4.69, 9.17) is 27.9 Å². The lowest BCUT2D eigenvalue weighted by Crippen LogP contribution is -2.14. The highest BCUT2D eigenvalue weighted by molar-refractivity contribution is 7.99. The molecule has 1 N–H and O–H groups in total. The van der Waals surface area contributed by atoms with Gasteiger partial charge in [-0.15, -0.1) is 0 Å². The van der Waals surface area contributed by atoms with Gasteiger partial charge in [0.05, 0.1) is 34.3 Å². The minimum atomic E-state index is -0.217. The van der Waals surface area contributed by atoms with E-state index in [2.05, 4.69) is 15.3 Å². The molecule has 8 heteroatoms. The van der Waals surface area contributed by atoms with Crippen LogP contribution in [-0.2, 0) is 4.79 Å². The minimum absolute atomic E-state index is 0.147. The maximum Gasteiger partial charge on any atom is 0.234 e. The number of rotatable bonds is 6. The molecule has 0 fully saturated rings. The van der Waals surface area contributed by atoms with Crippen molar-refractivity contribution in [2.75, 3.05) is 18.2 Å². The number of anilines is 1. The first-order valence-corrected chi connectivity index (χ1v) is 10.1. The number of methoxy groups -OCH3 is 1. The molecule has 2 aromatic carbocycles. The van der Waals surface area contributed by atoms with E-state index >= 15 is 0 Å². The molecular formula is C20H17Cl2N3O2S. The van der Waals surface area contributed by atoms with E-state index in [0.29, 0.717) is 20.9 Å². The molecule has 1 amide bonds. The average Bonchev–Trinajstić information content (AvgIpc) is 2.69.